The van der Waals surface area contributed by atoms with Crippen molar-refractivity contribution in [2.24, 2.45) is 0 Å². The average Bonchev–Trinajstić information content (AvgIpc) is 2.60. The van der Waals surface area contributed by atoms with E-state index in [0.29, 0.717) is 12.5 Å². The minimum Gasteiger partial charge on any atom is -0.504 e. The van der Waals surface area contributed by atoms with Crippen molar-refractivity contribution in [3.63, 3.8) is 0 Å². The van der Waals surface area contributed by atoms with Gasteiger partial charge in [-0.3, -0.25) is 4.79 Å². The van der Waals surface area contributed by atoms with E-state index >= 15 is 0 Å². The maximum atomic E-state index is 10.6. The summed E-state index contributed by atoms with van der Waals surface area (Å²) in [4.78, 5) is 10.6. The van der Waals surface area contributed by atoms with E-state index in [-0.39, 0.29) is 11.5 Å². The molecule has 4 heteroatoms. The van der Waals surface area contributed by atoms with Gasteiger partial charge in [0.25, 0.3) is 6.47 Å². The van der Waals surface area contributed by atoms with Crippen molar-refractivity contribution in [3.05, 3.63) is 47.0 Å². The zero-order valence-corrected chi connectivity index (χ0v) is 13.4. The molecule has 2 aliphatic rings. The highest BCUT2D eigenvalue weighted by Gasteiger charge is 2.31. The minimum absolute atomic E-state index is 0.0528. The molecule has 4 rings (SSSR count). The van der Waals surface area contributed by atoms with Gasteiger partial charge in [0.1, 0.15) is 0 Å². The Morgan fingerprint density at radius 2 is 2.04 bits per heavy atom. The molecule has 1 aliphatic heterocycles. The van der Waals surface area contributed by atoms with Crippen molar-refractivity contribution in [2.45, 2.75) is 32.7 Å². The highest BCUT2D eigenvalue weighted by molar-refractivity contribution is 5.82. The van der Waals surface area contributed by atoms with E-state index in [2.05, 4.69) is 11.4 Å². The van der Waals surface area contributed by atoms with Crippen LogP contribution in [0, 0.1) is 0 Å². The molecule has 2 aromatic carbocycles. The second-order valence-corrected chi connectivity index (χ2v) is 5.50. The first-order valence-electron chi connectivity index (χ1n) is 8.10. The lowest BCUT2D eigenvalue weighted by molar-refractivity contribution is -0.120. The first-order valence-corrected chi connectivity index (χ1v) is 8.10. The van der Waals surface area contributed by atoms with Crippen LogP contribution in [0.15, 0.2) is 30.3 Å². The zero-order chi connectivity index (χ0) is 16.4. The third-order valence-corrected chi connectivity index (χ3v) is 4.43. The SMILES string of the molecule is CC.O=COc1ccc2c(c1O)-c1cccc3c1C(C2)NCC3. The molecule has 0 radical (unpaired) electrons. The molecule has 0 fully saturated rings. The number of aromatic hydroxyl groups is 1. The fraction of sp³-hybridized carbons (Fsp3) is 0.316. The fourth-order valence-corrected chi connectivity index (χ4v) is 3.57. The Hall–Kier alpha value is -2.33. The van der Waals surface area contributed by atoms with Crippen LogP contribution in [0.3, 0.4) is 0 Å². The quantitative estimate of drug-likeness (QED) is 0.835. The first kappa shape index (κ1) is 15.6. The largest absolute Gasteiger partial charge is 0.504 e. The van der Waals surface area contributed by atoms with Gasteiger partial charge in [-0.25, -0.2) is 0 Å². The van der Waals surface area contributed by atoms with E-state index in [1.807, 2.05) is 32.0 Å². The van der Waals surface area contributed by atoms with Crippen LogP contribution in [-0.2, 0) is 17.6 Å². The summed E-state index contributed by atoms with van der Waals surface area (Å²) in [6.07, 6.45) is 1.84. The van der Waals surface area contributed by atoms with Crippen molar-refractivity contribution in [2.75, 3.05) is 6.54 Å². The molecule has 2 N–H and O–H groups in total. The highest BCUT2D eigenvalue weighted by atomic mass is 16.5. The number of benzene rings is 2. The Morgan fingerprint density at radius 3 is 2.83 bits per heavy atom. The van der Waals surface area contributed by atoms with Gasteiger partial charge in [0.05, 0.1) is 0 Å². The van der Waals surface area contributed by atoms with Crippen LogP contribution in [0.5, 0.6) is 11.5 Å². The number of hydrogen-bond donors (Lipinski definition) is 2. The Kier molecular flexibility index (Phi) is 4.35. The van der Waals surface area contributed by atoms with Crippen LogP contribution in [0.4, 0.5) is 0 Å². The van der Waals surface area contributed by atoms with Crippen molar-refractivity contribution >= 4 is 6.47 Å². The van der Waals surface area contributed by atoms with E-state index in [1.165, 1.54) is 11.1 Å². The van der Waals surface area contributed by atoms with Crippen LogP contribution in [0.2, 0.25) is 0 Å². The Labute approximate surface area is 136 Å². The number of carbonyl (C=O) groups is 1. The smallest absolute Gasteiger partial charge is 0.298 e. The Bertz CT molecular complexity index is 740. The Balaban J connectivity index is 0.000000753. The molecule has 0 aromatic heterocycles. The van der Waals surface area contributed by atoms with Gasteiger partial charge in [-0.1, -0.05) is 38.1 Å². The fourth-order valence-electron chi connectivity index (χ4n) is 3.57. The van der Waals surface area contributed by atoms with Crippen molar-refractivity contribution in [1.29, 1.82) is 0 Å². The van der Waals surface area contributed by atoms with Crippen LogP contribution in [0.25, 0.3) is 11.1 Å². The summed E-state index contributed by atoms with van der Waals surface area (Å²) in [5.74, 6) is 0.264. The number of carbonyl (C=O) groups excluding carboxylic acids is 1. The number of fused-ring (bicyclic) bond motifs is 2. The molecule has 1 unspecified atom stereocenters. The zero-order valence-electron chi connectivity index (χ0n) is 13.4. The van der Waals surface area contributed by atoms with E-state index in [4.69, 9.17) is 4.74 Å². The molecule has 0 saturated heterocycles. The topological polar surface area (TPSA) is 58.6 Å². The van der Waals surface area contributed by atoms with Gasteiger partial charge in [-0.15, -0.1) is 0 Å². The molecule has 1 aliphatic carbocycles. The molecule has 120 valence electrons. The molecule has 0 spiro atoms. The molecule has 23 heavy (non-hydrogen) atoms. The minimum atomic E-state index is 0.0528. The standard InChI is InChI=1S/C17H15NO3.C2H6/c19-9-21-14-5-4-11-8-13-15-10(6-7-18-13)2-1-3-12(15)16(11)17(14)20;1-2/h1-5,9,13,18,20H,6-8H2;1-2H3. The number of phenolic OH excluding ortho intramolecular Hbond substituents is 1. The number of ether oxygens (including phenoxy) is 1. The summed E-state index contributed by atoms with van der Waals surface area (Å²) < 4.78 is 4.87. The second kappa shape index (κ2) is 6.42. The predicted octanol–water partition coefficient (Wildman–Crippen LogP) is 3.36. The molecule has 0 bridgehead atoms. The maximum absolute atomic E-state index is 10.6. The van der Waals surface area contributed by atoms with E-state index < -0.39 is 0 Å². The molecule has 1 heterocycles. The van der Waals surface area contributed by atoms with E-state index in [0.717, 1.165) is 36.1 Å². The summed E-state index contributed by atoms with van der Waals surface area (Å²) in [5, 5.41) is 14.0. The first-order chi connectivity index (χ1) is 11.3. The summed E-state index contributed by atoms with van der Waals surface area (Å²) in [6.45, 7) is 5.32. The Morgan fingerprint density at radius 1 is 1.22 bits per heavy atom. The van der Waals surface area contributed by atoms with Gasteiger partial charge < -0.3 is 15.2 Å². The van der Waals surface area contributed by atoms with Gasteiger partial charge in [-0.2, -0.15) is 0 Å². The summed E-state index contributed by atoms with van der Waals surface area (Å²) in [5.41, 5.74) is 5.53. The summed E-state index contributed by atoms with van der Waals surface area (Å²) >= 11 is 0. The predicted molar refractivity (Wildman–Crippen MR) is 89.7 cm³/mol. The summed E-state index contributed by atoms with van der Waals surface area (Å²) in [7, 11) is 0. The van der Waals surface area contributed by atoms with Crippen LogP contribution >= 0.6 is 0 Å². The molecule has 4 nitrogen and oxygen atoms in total. The highest BCUT2D eigenvalue weighted by Crippen LogP contribution is 2.48. The van der Waals surface area contributed by atoms with Gasteiger partial charge in [0.2, 0.25) is 0 Å². The number of phenols is 1. The average molecular weight is 311 g/mol. The van der Waals surface area contributed by atoms with Crippen LogP contribution < -0.4 is 10.1 Å². The molecular weight excluding hydrogens is 290 g/mol. The summed E-state index contributed by atoms with van der Waals surface area (Å²) in [6, 6.07) is 10.1. The lowest BCUT2D eigenvalue weighted by atomic mass is 9.77. The van der Waals surface area contributed by atoms with Crippen molar-refractivity contribution < 1.29 is 14.6 Å². The lowest BCUT2D eigenvalue weighted by Gasteiger charge is -2.34. The molecule has 0 amide bonds. The van der Waals surface area contributed by atoms with Crippen molar-refractivity contribution in [1.82, 2.24) is 5.32 Å². The molecule has 1 atom stereocenters. The van der Waals surface area contributed by atoms with Crippen LogP contribution in [-0.4, -0.2) is 18.1 Å². The van der Waals surface area contributed by atoms with Gasteiger partial charge in [0.15, 0.2) is 11.5 Å². The van der Waals surface area contributed by atoms with Gasteiger partial charge in [0, 0.05) is 11.6 Å². The molecule has 0 saturated carbocycles. The number of nitrogens with one attached hydrogen (secondary N) is 1. The number of hydrogen-bond acceptors (Lipinski definition) is 4. The lowest BCUT2D eigenvalue weighted by Crippen LogP contribution is -2.33. The van der Waals surface area contributed by atoms with E-state index in [9.17, 15) is 9.90 Å². The van der Waals surface area contributed by atoms with Gasteiger partial charge in [-0.05, 0) is 47.7 Å². The molecular formula is C19H21NO3. The third kappa shape index (κ3) is 2.49. The maximum Gasteiger partial charge on any atom is 0.298 e. The number of rotatable bonds is 2. The van der Waals surface area contributed by atoms with Crippen molar-refractivity contribution in [3.8, 4) is 22.6 Å². The van der Waals surface area contributed by atoms with E-state index in [1.54, 1.807) is 6.07 Å². The monoisotopic (exact) mass is 311 g/mol. The van der Waals surface area contributed by atoms with Gasteiger partial charge >= 0.3 is 0 Å². The third-order valence-electron chi connectivity index (χ3n) is 4.43. The second-order valence-electron chi connectivity index (χ2n) is 5.50. The normalized spacial score (nSPS) is 17.2. The van der Waals surface area contributed by atoms with Crippen LogP contribution in [0.1, 0.15) is 36.6 Å². The molecule has 2 aromatic rings.